The van der Waals surface area contributed by atoms with Gasteiger partial charge in [0, 0.05) is 30.2 Å². The van der Waals surface area contributed by atoms with Gasteiger partial charge in [0.1, 0.15) is 12.3 Å². The minimum atomic E-state index is 0. The van der Waals surface area contributed by atoms with Crippen LogP contribution in [-0.4, -0.2) is 29.2 Å². The summed E-state index contributed by atoms with van der Waals surface area (Å²) in [6, 6.07) is 5.38. The van der Waals surface area contributed by atoms with Crippen LogP contribution >= 0.6 is 0 Å². The van der Waals surface area contributed by atoms with Crippen molar-refractivity contribution >= 4 is 10.9 Å². The molecular formula is C16H21LiN2O2. The Morgan fingerprint density at radius 2 is 1.95 bits per heavy atom. The monoisotopic (exact) mass is 280 g/mol. The number of hydrogen-bond donors (Lipinski definition) is 1. The van der Waals surface area contributed by atoms with E-state index < -0.39 is 0 Å². The molecule has 0 aliphatic carbocycles. The zero-order valence-electron chi connectivity index (χ0n) is 13.1. The van der Waals surface area contributed by atoms with Gasteiger partial charge in [-0.25, -0.2) is 0 Å². The van der Waals surface area contributed by atoms with Crippen LogP contribution in [0.25, 0.3) is 10.9 Å². The number of hydrogen-bond acceptors (Lipinski definition) is 3. The number of nitrogens with zero attached hydrogens (tertiary/aromatic N) is 1. The molecule has 0 bridgehead atoms. The third-order valence-corrected chi connectivity index (χ3v) is 3.83. The molecule has 0 amide bonds. The predicted octanol–water partition coefficient (Wildman–Crippen LogP) is -0.235. The van der Waals surface area contributed by atoms with Gasteiger partial charge in [-0.15, -0.1) is 5.75 Å². The van der Waals surface area contributed by atoms with Crippen molar-refractivity contribution in [2.24, 2.45) is 0 Å². The van der Waals surface area contributed by atoms with Gasteiger partial charge in [0.25, 0.3) is 0 Å². The number of fused-ring (bicyclic) bond motifs is 1. The Morgan fingerprint density at radius 3 is 2.62 bits per heavy atom. The largest absolute Gasteiger partial charge is 1.00 e. The van der Waals surface area contributed by atoms with E-state index in [9.17, 15) is 5.11 Å². The maximum atomic E-state index is 11.8. The molecule has 1 fully saturated rings. The van der Waals surface area contributed by atoms with Crippen molar-refractivity contribution in [2.75, 3.05) is 13.1 Å². The summed E-state index contributed by atoms with van der Waals surface area (Å²) in [4.78, 5) is 5.48. The number of epoxide rings is 1. The zero-order chi connectivity index (χ0) is 14.1. The summed E-state index contributed by atoms with van der Waals surface area (Å²) in [7, 11) is 0. The second-order valence-corrected chi connectivity index (χ2v) is 5.43. The molecule has 5 heteroatoms. The first-order valence-electron chi connectivity index (χ1n) is 7.42. The van der Waals surface area contributed by atoms with E-state index in [1.54, 1.807) is 12.1 Å². The van der Waals surface area contributed by atoms with Crippen LogP contribution in [0.2, 0.25) is 0 Å². The van der Waals surface area contributed by atoms with Crippen molar-refractivity contribution in [3.05, 3.63) is 30.0 Å². The second-order valence-electron chi connectivity index (χ2n) is 5.43. The Labute approximate surface area is 137 Å². The van der Waals surface area contributed by atoms with Crippen LogP contribution in [0.4, 0.5) is 0 Å². The second kappa shape index (κ2) is 6.89. The molecule has 2 unspecified atom stereocenters. The van der Waals surface area contributed by atoms with E-state index in [1.807, 2.05) is 12.3 Å². The van der Waals surface area contributed by atoms with E-state index in [0.29, 0.717) is 0 Å². The quantitative estimate of drug-likeness (QED) is 0.587. The molecule has 1 aromatic heterocycles. The summed E-state index contributed by atoms with van der Waals surface area (Å²) >= 11 is 0. The molecule has 1 saturated heterocycles. The molecule has 2 atom stereocenters. The molecule has 1 aromatic carbocycles. The third-order valence-electron chi connectivity index (χ3n) is 3.83. The summed E-state index contributed by atoms with van der Waals surface area (Å²) in [5.74, 6) is 0.0433. The molecule has 2 heterocycles. The number of aromatic amines is 1. The van der Waals surface area contributed by atoms with E-state index >= 15 is 0 Å². The molecule has 1 aliphatic heterocycles. The Morgan fingerprint density at radius 1 is 1.24 bits per heavy atom. The maximum Gasteiger partial charge on any atom is 1.00 e. The number of rotatable bonds is 6. The Kier molecular flexibility index (Phi) is 5.40. The maximum absolute atomic E-state index is 11.8. The molecule has 0 radical (unpaired) electrons. The average Bonchev–Trinajstić information content (AvgIpc) is 3.08. The minimum Gasteiger partial charge on any atom is -0.872 e. The first-order valence-corrected chi connectivity index (χ1v) is 7.42. The van der Waals surface area contributed by atoms with Crippen LogP contribution in [0, 0.1) is 0 Å². The van der Waals surface area contributed by atoms with Crippen molar-refractivity contribution in [1.29, 1.82) is 0 Å². The molecule has 0 saturated carbocycles. The zero-order valence-corrected chi connectivity index (χ0v) is 13.1. The molecule has 1 aliphatic rings. The summed E-state index contributed by atoms with van der Waals surface area (Å²) in [6.45, 7) is 6.45. The first kappa shape index (κ1) is 16.4. The number of ether oxygens (including phenoxy) is 1. The molecule has 2 aromatic rings. The molecular weight excluding hydrogens is 259 g/mol. The van der Waals surface area contributed by atoms with Crippen LogP contribution < -0.4 is 24.0 Å². The van der Waals surface area contributed by atoms with E-state index in [2.05, 4.69) is 23.7 Å². The van der Waals surface area contributed by atoms with E-state index in [0.717, 1.165) is 42.4 Å². The van der Waals surface area contributed by atoms with Crippen molar-refractivity contribution in [2.45, 2.75) is 39.0 Å². The Hall–Kier alpha value is -0.923. The molecule has 108 valence electrons. The molecule has 1 N–H and O–H groups in total. The smallest absolute Gasteiger partial charge is 0.872 e. The fourth-order valence-electron chi connectivity index (χ4n) is 2.95. The van der Waals surface area contributed by atoms with E-state index in [-0.39, 0.29) is 36.9 Å². The van der Waals surface area contributed by atoms with Gasteiger partial charge >= 0.3 is 18.9 Å². The summed E-state index contributed by atoms with van der Waals surface area (Å²) in [5, 5.41) is 12.9. The van der Waals surface area contributed by atoms with Crippen molar-refractivity contribution in [3.8, 4) is 5.75 Å². The van der Waals surface area contributed by atoms with Gasteiger partial charge in [-0.2, -0.15) is 0 Å². The van der Waals surface area contributed by atoms with Crippen LogP contribution in [0.15, 0.2) is 24.4 Å². The van der Waals surface area contributed by atoms with Gasteiger partial charge in [-0.1, -0.05) is 19.9 Å². The average molecular weight is 280 g/mol. The molecule has 0 spiro atoms. The number of nitrogens with one attached hydrogen (secondary N) is 1. The third kappa shape index (κ3) is 3.30. The van der Waals surface area contributed by atoms with Crippen LogP contribution in [0.1, 0.15) is 38.4 Å². The van der Waals surface area contributed by atoms with Crippen LogP contribution in [-0.2, 0) is 4.74 Å². The standard InChI is InChI=1S/C16H22N2O2.Li/c1-3-7-18(8-4-2)16-15(20-16)13-9-11(19)10-14-12(13)5-6-17-14;/h5-6,9-10,15-17,19H,3-4,7-8H2,1-2H3;/q;+1/p-1. The van der Waals surface area contributed by atoms with Gasteiger partial charge in [0.15, 0.2) is 0 Å². The molecule has 4 nitrogen and oxygen atoms in total. The summed E-state index contributed by atoms with van der Waals surface area (Å²) in [6.07, 6.45) is 4.29. The minimum absolute atomic E-state index is 0. The predicted molar refractivity (Wildman–Crippen MR) is 77.5 cm³/mol. The van der Waals surface area contributed by atoms with Crippen LogP contribution in [0.5, 0.6) is 5.75 Å². The normalized spacial score (nSPS) is 20.7. The number of benzene rings is 1. The Bertz CT molecular complexity index is 593. The van der Waals surface area contributed by atoms with Crippen molar-refractivity contribution in [3.63, 3.8) is 0 Å². The topological polar surface area (TPSA) is 54.6 Å². The molecule has 3 rings (SSSR count). The van der Waals surface area contributed by atoms with Gasteiger partial charge in [0.2, 0.25) is 0 Å². The fourth-order valence-corrected chi connectivity index (χ4v) is 2.95. The van der Waals surface area contributed by atoms with Gasteiger partial charge in [0.05, 0.1) is 0 Å². The van der Waals surface area contributed by atoms with Crippen molar-refractivity contribution < 1.29 is 28.7 Å². The van der Waals surface area contributed by atoms with Gasteiger partial charge in [-0.05, 0) is 30.5 Å². The van der Waals surface area contributed by atoms with Gasteiger partial charge < -0.3 is 14.8 Å². The number of H-pyrrole nitrogens is 1. The van der Waals surface area contributed by atoms with E-state index in [4.69, 9.17) is 4.74 Å². The van der Waals surface area contributed by atoms with Crippen LogP contribution in [0.3, 0.4) is 0 Å². The van der Waals surface area contributed by atoms with Crippen molar-refractivity contribution in [1.82, 2.24) is 9.88 Å². The van der Waals surface area contributed by atoms with Gasteiger partial charge in [-0.3, -0.25) is 4.90 Å². The first-order chi connectivity index (χ1) is 9.74. The Balaban J connectivity index is 0.00000161. The fraction of sp³-hybridized carbons (Fsp3) is 0.500. The summed E-state index contributed by atoms with van der Waals surface area (Å²) < 4.78 is 5.88. The number of aromatic nitrogens is 1. The SMILES string of the molecule is CCCN(CCC)C1OC1c1cc([O-])cc2[nH]ccc12.[Li+]. The van der Waals surface area contributed by atoms with E-state index in [1.165, 1.54) is 0 Å². The molecule has 21 heavy (non-hydrogen) atoms. The summed E-state index contributed by atoms with van der Waals surface area (Å²) in [5.41, 5.74) is 1.93.